The summed E-state index contributed by atoms with van der Waals surface area (Å²) in [5.74, 6) is 0.134. The highest BCUT2D eigenvalue weighted by atomic mass is 19.1. The number of H-pyrrole nitrogens is 2. The van der Waals surface area contributed by atoms with Gasteiger partial charge in [-0.1, -0.05) is 24.3 Å². The maximum Gasteiger partial charge on any atom is 0.255 e. The molecular formula is C30H21FN8O. The number of carbonyl (C=O) groups is 1. The van der Waals surface area contributed by atoms with E-state index in [1.54, 1.807) is 49.2 Å². The van der Waals surface area contributed by atoms with Gasteiger partial charge in [0.25, 0.3) is 5.91 Å². The number of nitrogens with zero attached hydrogens (tertiary/aromatic N) is 5. The number of allylic oxidation sites excluding steroid dienone is 4. The molecule has 3 N–H and O–H groups in total. The summed E-state index contributed by atoms with van der Waals surface area (Å²) in [6.45, 7) is 0. The van der Waals surface area contributed by atoms with E-state index < -0.39 is 0 Å². The fraction of sp³-hybridized carbons (Fsp3) is 0.0667. The van der Waals surface area contributed by atoms with Gasteiger partial charge in [-0.05, 0) is 42.8 Å². The van der Waals surface area contributed by atoms with Crippen molar-refractivity contribution in [1.29, 1.82) is 0 Å². The van der Waals surface area contributed by atoms with Crippen molar-refractivity contribution in [2.75, 3.05) is 5.32 Å². The Morgan fingerprint density at radius 1 is 1.00 bits per heavy atom. The van der Waals surface area contributed by atoms with E-state index in [1.807, 2.05) is 36.4 Å². The molecule has 1 aliphatic rings. The molecule has 0 radical (unpaired) electrons. The molecule has 1 aliphatic carbocycles. The molecule has 5 aromatic heterocycles. The summed E-state index contributed by atoms with van der Waals surface area (Å²) >= 11 is 0. The van der Waals surface area contributed by atoms with E-state index in [9.17, 15) is 9.18 Å². The second kappa shape index (κ2) is 9.66. The first-order chi connectivity index (χ1) is 19.6. The summed E-state index contributed by atoms with van der Waals surface area (Å²) in [7, 11) is 0. The molecular weight excluding hydrogens is 507 g/mol. The molecule has 5 heterocycles. The lowest BCUT2D eigenvalue weighted by molar-refractivity contribution is 0.102. The van der Waals surface area contributed by atoms with E-state index in [0.29, 0.717) is 34.8 Å². The van der Waals surface area contributed by atoms with Crippen molar-refractivity contribution in [3.05, 3.63) is 109 Å². The molecule has 194 valence electrons. The number of halogens is 1. The Morgan fingerprint density at radius 3 is 2.70 bits per heavy atom. The van der Waals surface area contributed by atoms with Crippen molar-refractivity contribution in [2.45, 2.75) is 12.3 Å². The predicted octanol–water partition coefficient (Wildman–Crippen LogP) is 6.11. The van der Waals surface area contributed by atoms with Crippen LogP contribution in [0, 0.1) is 0 Å². The number of anilines is 1. The smallest absolute Gasteiger partial charge is 0.255 e. The highest BCUT2D eigenvalue weighted by Crippen LogP contribution is 2.34. The minimum absolute atomic E-state index is 0.0132. The van der Waals surface area contributed by atoms with Gasteiger partial charge in [-0.2, -0.15) is 5.10 Å². The molecule has 0 fully saturated rings. The average molecular weight is 529 g/mol. The summed E-state index contributed by atoms with van der Waals surface area (Å²) in [5, 5.41) is 11.1. The molecule has 1 unspecified atom stereocenters. The van der Waals surface area contributed by atoms with Gasteiger partial charge in [-0.25, -0.2) is 14.4 Å². The van der Waals surface area contributed by atoms with Crippen LogP contribution in [0.1, 0.15) is 28.3 Å². The number of hydrogen-bond acceptors (Lipinski definition) is 6. The van der Waals surface area contributed by atoms with Crippen LogP contribution in [0.5, 0.6) is 0 Å². The lowest BCUT2D eigenvalue weighted by Crippen LogP contribution is -2.11. The summed E-state index contributed by atoms with van der Waals surface area (Å²) in [4.78, 5) is 34.0. The van der Waals surface area contributed by atoms with Gasteiger partial charge in [0.05, 0.1) is 34.5 Å². The number of rotatable bonds is 5. The zero-order valence-electron chi connectivity index (χ0n) is 21.0. The topological polar surface area (TPSA) is 125 Å². The summed E-state index contributed by atoms with van der Waals surface area (Å²) in [5.41, 5.74) is 6.40. The van der Waals surface area contributed by atoms with E-state index in [0.717, 1.165) is 33.1 Å². The number of carbonyl (C=O) groups excluding carboxylic acids is 1. The number of fused-ring (bicyclic) bond motifs is 2. The largest absolute Gasteiger partial charge is 0.335 e. The minimum atomic E-state index is -0.231. The van der Waals surface area contributed by atoms with Crippen LogP contribution in [0.25, 0.3) is 44.7 Å². The van der Waals surface area contributed by atoms with Crippen LogP contribution < -0.4 is 5.32 Å². The molecule has 6 aromatic rings. The second-order valence-electron chi connectivity index (χ2n) is 9.48. The van der Waals surface area contributed by atoms with E-state index in [4.69, 9.17) is 4.98 Å². The van der Waals surface area contributed by atoms with Crippen LogP contribution >= 0.6 is 0 Å². The molecule has 0 spiro atoms. The maximum atomic E-state index is 13.5. The first-order valence-electron chi connectivity index (χ1n) is 12.7. The number of benzene rings is 1. The summed E-state index contributed by atoms with van der Waals surface area (Å²) in [6.07, 6.45) is 14.0. The van der Waals surface area contributed by atoms with E-state index >= 15 is 0 Å². The third-order valence-electron chi connectivity index (χ3n) is 6.89. The summed E-state index contributed by atoms with van der Waals surface area (Å²) < 4.78 is 13.5. The van der Waals surface area contributed by atoms with Crippen LogP contribution in [0.4, 0.5) is 10.1 Å². The van der Waals surface area contributed by atoms with Gasteiger partial charge in [-0.15, -0.1) is 0 Å². The lowest BCUT2D eigenvalue weighted by Gasteiger charge is -2.13. The Morgan fingerprint density at radius 2 is 1.85 bits per heavy atom. The van der Waals surface area contributed by atoms with Gasteiger partial charge in [0, 0.05) is 46.8 Å². The first-order valence-corrected chi connectivity index (χ1v) is 12.7. The maximum absolute atomic E-state index is 13.5. The zero-order chi connectivity index (χ0) is 27.1. The summed E-state index contributed by atoms with van der Waals surface area (Å²) in [6, 6.07) is 12.8. The number of hydrogen-bond donors (Lipinski definition) is 3. The van der Waals surface area contributed by atoms with E-state index in [2.05, 4.69) is 35.5 Å². The van der Waals surface area contributed by atoms with Crippen LogP contribution in [-0.4, -0.2) is 41.0 Å². The Balaban J connectivity index is 1.23. The van der Waals surface area contributed by atoms with Gasteiger partial charge in [-0.3, -0.25) is 19.9 Å². The number of pyridine rings is 3. The molecule has 1 amide bonds. The Bertz CT molecular complexity index is 1960. The normalized spacial score (nSPS) is 14.9. The molecule has 7 rings (SSSR count). The van der Waals surface area contributed by atoms with Gasteiger partial charge in [0.1, 0.15) is 11.5 Å². The molecule has 0 aliphatic heterocycles. The van der Waals surface area contributed by atoms with Gasteiger partial charge in [0.15, 0.2) is 11.5 Å². The molecule has 1 aromatic carbocycles. The third-order valence-corrected chi connectivity index (χ3v) is 6.89. The number of nitrogens with one attached hydrogen (secondary N) is 3. The molecule has 0 saturated heterocycles. The molecule has 9 nitrogen and oxygen atoms in total. The fourth-order valence-corrected chi connectivity index (χ4v) is 4.87. The van der Waals surface area contributed by atoms with E-state index in [-0.39, 0.29) is 17.7 Å². The van der Waals surface area contributed by atoms with Gasteiger partial charge >= 0.3 is 0 Å². The van der Waals surface area contributed by atoms with Crippen molar-refractivity contribution in [3.63, 3.8) is 0 Å². The monoisotopic (exact) mass is 528 g/mol. The van der Waals surface area contributed by atoms with Crippen LogP contribution in [-0.2, 0) is 0 Å². The Kier molecular flexibility index (Phi) is 5.70. The van der Waals surface area contributed by atoms with Crippen molar-refractivity contribution in [2.24, 2.45) is 0 Å². The molecule has 1 atom stereocenters. The van der Waals surface area contributed by atoms with Crippen LogP contribution in [0.15, 0.2) is 97.5 Å². The van der Waals surface area contributed by atoms with Crippen LogP contribution in [0.3, 0.4) is 0 Å². The second-order valence-corrected chi connectivity index (χ2v) is 9.48. The number of amides is 1. The number of imidazole rings is 1. The molecule has 0 saturated carbocycles. The van der Waals surface area contributed by atoms with E-state index in [1.165, 1.54) is 6.08 Å². The quantitative estimate of drug-likeness (QED) is 0.248. The minimum Gasteiger partial charge on any atom is -0.335 e. The van der Waals surface area contributed by atoms with Crippen molar-refractivity contribution >= 4 is 33.7 Å². The molecule has 10 heteroatoms. The van der Waals surface area contributed by atoms with Crippen molar-refractivity contribution in [1.82, 2.24) is 35.1 Å². The first kappa shape index (κ1) is 23.6. The Hall–Kier alpha value is -5.51. The van der Waals surface area contributed by atoms with Crippen molar-refractivity contribution in [3.8, 4) is 22.6 Å². The SMILES string of the molecule is O=C(Nc1cncc(-c2cnc3n[nH]c(-c4nc5c(C6C=CC(F)=CC6)cncc5[nH]4)c3c2)c1)c1ccccc1. The third kappa shape index (κ3) is 4.31. The van der Waals surface area contributed by atoms with Gasteiger partial charge < -0.3 is 10.3 Å². The van der Waals surface area contributed by atoms with Gasteiger partial charge in [0.2, 0.25) is 0 Å². The highest BCUT2D eigenvalue weighted by Gasteiger charge is 2.20. The molecule has 0 bridgehead atoms. The fourth-order valence-electron chi connectivity index (χ4n) is 4.87. The predicted molar refractivity (Wildman–Crippen MR) is 150 cm³/mol. The molecule has 40 heavy (non-hydrogen) atoms. The zero-order valence-corrected chi connectivity index (χ0v) is 21.0. The van der Waals surface area contributed by atoms with Crippen LogP contribution in [0.2, 0.25) is 0 Å². The lowest BCUT2D eigenvalue weighted by atomic mass is 9.93. The number of aromatic nitrogens is 7. The standard InChI is InChI=1S/C30H21FN8O/c31-21-8-6-17(7-9-21)24-15-33-16-25-26(24)37-29(36-25)27-23-11-20(13-34-28(23)39-38-27)19-10-22(14-32-12-19)35-30(40)18-4-2-1-3-5-18/h1-6,8-17H,7H2,(H,35,40)(H,36,37)(H,34,38,39). The average Bonchev–Trinajstić information content (AvgIpc) is 3.62. The number of aromatic amines is 2. The Labute approximate surface area is 226 Å². The van der Waals surface area contributed by atoms with Crippen molar-refractivity contribution < 1.29 is 9.18 Å². The highest BCUT2D eigenvalue weighted by molar-refractivity contribution is 6.04.